The fraction of sp³-hybridized carbons (Fsp3) is 0.400. The van der Waals surface area contributed by atoms with Gasteiger partial charge in [0.2, 0.25) is 0 Å². The highest BCUT2D eigenvalue weighted by molar-refractivity contribution is 9.10. The largest absolute Gasteiger partial charge is 0.396 e. The molecule has 0 spiro atoms. The van der Waals surface area contributed by atoms with Crippen LogP contribution in [0.2, 0.25) is 0 Å². The Bertz CT molecular complexity index is 328. The maximum Gasteiger partial charge on any atom is 0.137 e. The summed E-state index contributed by atoms with van der Waals surface area (Å²) < 4.78 is 13.6. The van der Waals surface area contributed by atoms with Crippen molar-refractivity contribution in [2.45, 2.75) is 18.9 Å². The van der Waals surface area contributed by atoms with E-state index in [1.165, 1.54) is 6.07 Å². The first-order valence-electron chi connectivity index (χ1n) is 4.32. The molecule has 4 heteroatoms. The van der Waals surface area contributed by atoms with Gasteiger partial charge in [0, 0.05) is 12.1 Å². The predicted molar refractivity (Wildman–Crippen MR) is 57.3 cm³/mol. The van der Waals surface area contributed by atoms with E-state index in [9.17, 15) is 4.39 Å². The Morgan fingerprint density at radius 3 is 2.71 bits per heavy atom. The third-order valence-electron chi connectivity index (χ3n) is 2.21. The zero-order chi connectivity index (χ0) is 10.8. The number of aliphatic hydroxyl groups is 1. The van der Waals surface area contributed by atoms with Gasteiger partial charge in [-0.15, -0.1) is 0 Å². The van der Waals surface area contributed by atoms with Gasteiger partial charge in [0.05, 0.1) is 4.47 Å². The third-order valence-corrected chi connectivity index (χ3v) is 2.85. The summed E-state index contributed by atoms with van der Waals surface area (Å²) in [6.45, 7) is 1.76. The van der Waals surface area contributed by atoms with Crippen molar-refractivity contribution in [2.75, 3.05) is 6.61 Å². The molecule has 78 valence electrons. The number of nitrogens with two attached hydrogens (primary N) is 1. The predicted octanol–water partition coefficient (Wildman–Crippen LogP) is 2.14. The monoisotopic (exact) mass is 261 g/mol. The van der Waals surface area contributed by atoms with Crippen LogP contribution in [-0.4, -0.2) is 11.7 Å². The average molecular weight is 262 g/mol. The Morgan fingerprint density at radius 1 is 1.57 bits per heavy atom. The van der Waals surface area contributed by atoms with Gasteiger partial charge in [0.15, 0.2) is 0 Å². The molecule has 0 bridgehead atoms. The van der Waals surface area contributed by atoms with Crippen molar-refractivity contribution in [3.63, 3.8) is 0 Å². The Balaban J connectivity index is 3.01. The summed E-state index contributed by atoms with van der Waals surface area (Å²) in [5, 5.41) is 8.80. The highest BCUT2D eigenvalue weighted by Crippen LogP contribution is 2.25. The van der Waals surface area contributed by atoms with E-state index in [-0.39, 0.29) is 12.4 Å². The summed E-state index contributed by atoms with van der Waals surface area (Å²) in [4.78, 5) is 0. The fourth-order valence-electron chi connectivity index (χ4n) is 1.23. The van der Waals surface area contributed by atoms with Crippen LogP contribution < -0.4 is 5.73 Å². The van der Waals surface area contributed by atoms with E-state index < -0.39 is 5.54 Å². The lowest BCUT2D eigenvalue weighted by Crippen LogP contribution is -2.34. The van der Waals surface area contributed by atoms with Crippen molar-refractivity contribution < 1.29 is 9.50 Å². The third kappa shape index (κ3) is 2.53. The molecule has 0 saturated carbocycles. The lowest BCUT2D eigenvalue weighted by molar-refractivity contribution is 0.247. The minimum atomic E-state index is -0.684. The van der Waals surface area contributed by atoms with Crippen LogP contribution >= 0.6 is 15.9 Å². The zero-order valence-electron chi connectivity index (χ0n) is 7.93. The van der Waals surface area contributed by atoms with Gasteiger partial charge in [-0.1, -0.05) is 6.07 Å². The molecule has 2 nitrogen and oxygen atoms in total. The molecule has 1 atom stereocenters. The van der Waals surface area contributed by atoms with E-state index >= 15 is 0 Å². The molecule has 0 saturated heterocycles. The first-order valence-corrected chi connectivity index (χ1v) is 5.12. The van der Waals surface area contributed by atoms with Crippen molar-refractivity contribution in [1.82, 2.24) is 0 Å². The lowest BCUT2D eigenvalue weighted by atomic mass is 9.90. The Morgan fingerprint density at radius 2 is 2.21 bits per heavy atom. The summed E-state index contributed by atoms with van der Waals surface area (Å²) in [5.41, 5.74) is 5.93. The molecule has 0 heterocycles. The van der Waals surface area contributed by atoms with Gasteiger partial charge >= 0.3 is 0 Å². The molecular formula is C10H13BrFNO. The zero-order valence-corrected chi connectivity index (χ0v) is 9.51. The van der Waals surface area contributed by atoms with Gasteiger partial charge in [0.25, 0.3) is 0 Å². The van der Waals surface area contributed by atoms with Gasteiger partial charge in [-0.2, -0.15) is 0 Å². The first-order chi connectivity index (χ1) is 6.47. The number of hydrogen-bond acceptors (Lipinski definition) is 2. The smallest absolute Gasteiger partial charge is 0.137 e. The van der Waals surface area contributed by atoms with Gasteiger partial charge in [-0.25, -0.2) is 4.39 Å². The Hall–Kier alpha value is -0.450. The normalized spacial score (nSPS) is 15.2. The molecule has 0 aliphatic carbocycles. The molecule has 0 aliphatic rings. The molecule has 14 heavy (non-hydrogen) atoms. The highest BCUT2D eigenvalue weighted by atomic mass is 79.9. The second-order valence-electron chi connectivity index (χ2n) is 3.52. The fourth-order valence-corrected chi connectivity index (χ4v) is 1.47. The number of hydrogen-bond donors (Lipinski definition) is 2. The second kappa shape index (κ2) is 4.38. The topological polar surface area (TPSA) is 46.2 Å². The summed E-state index contributed by atoms with van der Waals surface area (Å²) >= 11 is 3.07. The van der Waals surface area contributed by atoms with Crippen molar-refractivity contribution in [3.8, 4) is 0 Å². The van der Waals surface area contributed by atoms with Crippen LogP contribution in [0.25, 0.3) is 0 Å². The molecule has 0 radical (unpaired) electrons. The van der Waals surface area contributed by atoms with E-state index in [2.05, 4.69) is 15.9 Å². The van der Waals surface area contributed by atoms with Crippen molar-refractivity contribution in [1.29, 1.82) is 0 Å². The summed E-state index contributed by atoms with van der Waals surface area (Å²) in [6.07, 6.45) is 0.411. The maximum absolute atomic E-state index is 13.2. The van der Waals surface area contributed by atoms with Crippen LogP contribution in [0.3, 0.4) is 0 Å². The summed E-state index contributed by atoms with van der Waals surface area (Å²) in [6, 6.07) is 4.76. The molecule has 3 N–H and O–H groups in total. The number of halogens is 2. The molecule has 1 unspecified atom stereocenters. The molecule has 0 amide bonds. The van der Waals surface area contributed by atoms with Crippen LogP contribution in [0.1, 0.15) is 18.9 Å². The number of benzene rings is 1. The first kappa shape index (κ1) is 11.6. The van der Waals surface area contributed by atoms with Crippen LogP contribution in [-0.2, 0) is 5.54 Å². The standard InChI is InChI=1S/C10H13BrFNO/c1-10(13,4-5-14)7-2-3-8(11)9(12)6-7/h2-3,6,14H,4-5,13H2,1H3. The molecule has 1 aromatic carbocycles. The van der Waals surface area contributed by atoms with Gasteiger partial charge < -0.3 is 10.8 Å². The van der Waals surface area contributed by atoms with Gasteiger partial charge in [-0.3, -0.25) is 0 Å². The van der Waals surface area contributed by atoms with E-state index in [1.807, 2.05) is 0 Å². The minimum absolute atomic E-state index is 0.00924. The lowest BCUT2D eigenvalue weighted by Gasteiger charge is -2.24. The SMILES string of the molecule is CC(N)(CCO)c1ccc(Br)c(F)c1. The van der Waals surface area contributed by atoms with Crippen LogP contribution in [0.5, 0.6) is 0 Å². The highest BCUT2D eigenvalue weighted by Gasteiger charge is 2.21. The second-order valence-corrected chi connectivity index (χ2v) is 4.37. The van der Waals surface area contributed by atoms with Crippen LogP contribution in [0, 0.1) is 5.82 Å². The molecular weight excluding hydrogens is 249 g/mol. The average Bonchev–Trinajstić information content (AvgIpc) is 2.09. The molecule has 1 rings (SSSR count). The summed E-state index contributed by atoms with van der Waals surface area (Å²) in [5.74, 6) is -0.336. The molecule has 1 aromatic rings. The van der Waals surface area contributed by atoms with E-state index in [4.69, 9.17) is 10.8 Å². The van der Waals surface area contributed by atoms with E-state index in [0.717, 1.165) is 0 Å². The minimum Gasteiger partial charge on any atom is -0.396 e. The van der Waals surface area contributed by atoms with Crippen LogP contribution in [0.4, 0.5) is 4.39 Å². The Labute approximate surface area is 91.1 Å². The van der Waals surface area contributed by atoms with E-state index in [1.54, 1.807) is 19.1 Å². The van der Waals surface area contributed by atoms with Crippen molar-refractivity contribution in [3.05, 3.63) is 34.1 Å². The van der Waals surface area contributed by atoms with Crippen molar-refractivity contribution in [2.24, 2.45) is 5.73 Å². The van der Waals surface area contributed by atoms with E-state index in [0.29, 0.717) is 16.5 Å². The van der Waals surface area contributed by atoms with Crippen LogP contribution in [0.15, 0.2) is 22.7 Å². The Kier molecular flexibility index (Phi) is 3.64. The quantitative estimate of drug-likeness (QED) is 0.876. The molecule has 0 aromatic heterocycles. The van der Waals surface area contributed by atoms with Gasteiger partial charge in [-0.05, 0) is 47.0 Å². The molecule has 0 aliphatic heterocycles. The number of rotatable bonds is 3. The summed E-state index contributed by atoms with van der Waals surface area (Å²) in [7, 11) is 0. The van der Waals surface area contributed by atoms with Crippen molar-refractivity contribution >= 4 is 15.9 Å². The van der Waals surface area contributed by atoms with Gasteiger partial charge in [0.1, 0.15) is 5.82 Å². The molecule has 0 fully saturated rings. The maximum atomic E-state index is 13.2. The number of aliphatic hydroxyl groups excluding tert-OH is 1.